The molecule has 0 saturated carbocycles. The van der Waals surface area contributed by atoms with Crippen molar-refractivity contribution in [1.29, 1.82) is 0 Å². The molecule has 0 radical (unpaired) electrons. The lowest BCUT2D eigenvalue weighted by molar-refractivity contribution is 0.589. The molecule has 3 heteroatoms. The van der Waals surface area contributed by atoms with Gasteiger partial charge in [0.25, 0.3) is 0 Å². The second-order valence-corrected chi connectivity index (χ2v) is 6.48. The molecule has 1 aromatic rings. The lowest BCUT2D eigenvalue weighted by atomic mass is 9.87. The molecule has 0 aliphatic rings. The van der Waals surface area contributed by atoms with Gasteiger partial charge in [-0.2, -0.15) is 0 Å². The summed E-state index contributed by atoms with van der Waals surface area (Å²) in [5, 5.41) is 0.827. The van der Waals surface area contributed by atoms with Crippen LogP contribution in [-0.2, 0) is 5.41 Å². The SMILES string of the molecule is CC(C)(C)c1cc(I)cc(Br)c1Cl. The Morgan fingerprint density at radius 1 is 1.31 bits per heavy atom. The molecule has 0 spiro atoms. The van der Waals surface area contributed by atoms with Crippen molar-refractivity contribution < 1.29 is 0 Å². The summed E-state index contributed by atoms with van der Waals surface area (Å²) in [5.74, 6) is 0. The van der Waals surface area contributed by atoms with Gasteiger partial charge in [0.1, 0.15) is 0 Å². The summed E-state index contributed by atoms with van der Waals surface area (Å²) in [7, 11) is 0. The fourth-order valence-corrected chi connectivity index (χ4v) is 3.01. The minimum absolute atomic E-state index is 0.0980. The topological polar surface area (TPSA) is 0 Å². The van der Waals surface area contributed by atoms with Gasteiger partial charge < -0.3 is 0 Å². The van der Waals surface area contributed by atoms with Crippen LogP contribution in [-0.4, -0.2) is 0 Å². The molecular weight excluding hydrogens is 362 g/mol. The van der Waals surface area contributed by atoms with E-state index in [-0.39, 0.29) is 5.41 Å². The highest BCUT2D eigenvalue weighted by Crippen LogP contribution is 2.35. The van der Waals surface area contributed by atoms with Crippen LogP contribution < -0.4 is 0 Å². The Kier molecular flexibility index (Phi) is 3.69. The van der Waals surface area contributed by atoms with Crippen LogP contribution in [0.25, 0.3) is 0 Å². The fraction of sp³-hybridized carbons (Fsp3) is 0.400. The van der Waals surface area contributed by atoms with Crippen molar-refractivity contribution in [3.8, 4) is 0 Å². The maximum Gasteiger partial charge on any atom is 0.0586 e. The molecule has 0 aliphatic heterocycles. The quantitative estimate of drug-likeness (QED) is 0.443. The fourth-order valence-electron chi connectivity index (χ4n) is 1.10. The highest BCUT2D eigenvalue weighted by Gasteiger charge is 2.19. The first-order valence-corrected chi connectivity index (χ1v) is 6.22. The summed E-state index contributed by atoms with van der Waals surface area (Å²) in [5.41, 5.74) is 1.29. The van der Waals surface area contributed by atoms with Crippen LogP contribution in [0.5, 0.6) is 0 Å². The molecule has 0 aliphatic carbocycles. The molecule has 0 N–H and O–H groups in total. The number of hydrogen-bond acceptors (Lipinski definition) is 0. The molecule has 0 atom stereocenters. The standard InChI is InChI=1S/C10H11BrClI/c1-10(2,3)7-4-6(13)5-8(11)9(7)12/h4-5H,1-3H3. The zero-order chi connectivity index (χ0) is 10.2. The van der Waals surface area contributed by atoms with Crippen LogP contribution in [0.3, 0.4) is 0 Å². The number of halogens is 3. The summed E-state index contributed by atoms with van der Waals surface area (Å²) in [6, 6.07) is 4.16. The second-order valence-electron chi connectivity index (χ2n) is 4.00. The molecule has 0 nitrogen and oxygen atoms in total. The van der Waals surface area contributed by atoms with Crippen LogP contribution in [0.2, 0.25) is 5.02 Å². The van der Waals surface area contributed by atoms with Gasteiger partial charge in [-0.15, -0.1) is 0 Å². The van der Waals surface area contributed by atoms with E-state index in [1.165, 1.54) is 9.13 Å². The van der Waals surface area contributed by atoms with E-state index < -0.39 is 0 Å². The molecular formula is C10H11BrClI. The largest absolute Gasteiger partial charge is 0.0828 e. The normalized spacial score (nSPS) is 11.8. The Morgan fingerprint density at radius 3 is 2.31 bits per heavy atom. The zero-order valence-corrected chi connectivity index (χ0v) is 12.3. The average Bonchev–Trinajstić information content (AvgIpc) is 1.94. The predicted octanol–water partition coefficient (Wildman–Crippen LogP) is 5.00. The van der Waals surface area contributed by atoms with E-state index >= 15 is 0 Å². The van der Waals surface area contributed by atoms with Crippen LogP contribution >= 0.6 is 50.1 Å². The van der Waals surface area contributed by atoms with Gasteiger partial charge in [0.05, 0.1) is 5.02 Å². The first-order valence-electron chi connectivity index (χ1n) is 3.97. The van der Waals surface area contributed by atoms with E-state index in [0.29, 0.717) is 0 Å². The molecule has 0 heterocycles. The Morgan fingerprint density at radius 2 is 1.85 bits per heavy atom. The monoisotopic (exact) mass is 372 g/mol. The molecule has 1 rings (SSSR count). The van der Waals surface area contributed by atoms with Gasteiger partial charge in [-0.1, -0.05) is 32.4 Å². The number of benzene rings is 1. The van der Waals surface area contributed by atoms with Crippen LogP contribution in [0.15, 0.2) is 16.6 Å². The van der Waals surface area contributed by atoms with E-state index in [0.717, 1.165) is 9.50 Å². The maximum atomic E-state index is 6.20. The Hall–Kier alpha value is 0.720. The Balaban J connectivity index is 3.37. The molecule has 0 bridgehead atoms. The smallest absolute Gasteiger partial charge is 0.0586 e. The third-order valence-corrected chi connectivity index (χ3v) is 3.68. The van der Waals surface area contributed by atoms with Crippen molar-refractivity contribution in [2.45, 2.75) is 26.2 Å². The summed E-state index contributed by atoms with van der Waals surface area (Å²) in [6.45, 7) is 6.49. The van der Waals surface area contributed by atoms with Gasteiger partial charge in [0.15, 0.2) is 0 Å². The third-order valence-electron chi connectivity index (χ3n) is 1.80. The summed E-state index contributed by atoms with van der Waals surface area (Å²) < 4.78 is 2.18. The van der Waals surface area contributed by atoms with Crippen molar-refractivity contribution in [3.63, 3.8) is 0 Å². The lowest BCUT2D eigenvalue weighted by Crippen LogP contribution is -2.12. The highest BCUT2D eigenvalue weighted by molar-refractivity contribution is 14.1. The van der Waals surface area contributed by atoms with Crippen molar-refractivity contribution in [3.05, 3.63) is 30.8 Å². The number of rotatable bonds is 0. The second kappa shape index (κ2) is 4.07. The van der Waals surface area contributed by atoms with Crippen molar-refractivity contribution >= 4 is 50.1 Å². The Labute approximate surface area is 106 Å². The van der Waals surface area contributed by atoms with E-state index in [9.17, 15) is 0 Å². The van der Waals surface area contributed by atoms with Crippen molar-refractivity contribution in [2.24, 2.45) is 0 Å². The van der Waals surface area contributed by atoms with Crippen LogP contribution in [0, 0.1) is 3.57 Å². The van der Waals surface area contributed by atoms with Gasteiger partial charge in [0.2, 0.25) is 0 Å². The predicted molar refractivity (Wildman–Crippen MR) is 70.6 cm³/mol. The van der Waals surface area contributed by atoms with Gasteiger partial charge in [-0.05, 0) is 61.6 Å². The van der Waals surface area contributed by atoms with Gasteiger partial charge >= 0.3 is 0 Å². The summed E-state index contributed by atoms with van der Waals surface area (Å²) in [6.07, 6.45) is 0. The molecule has 0 unspecified atom stereocenters. The Bertz CT molecular complexity index is 328. The van der Waals surface area contributed by atoms with E-state index in [1.54, 1.807) is 0 Å². The van der Waals surface area contributed by atoms with Crippen LogP contribution in [0.1, 0.15) is 26.3 Å². The number of hydrogen-bond donors (Lipinski definition) is 0. The third kappa shape index (κ3) is 2.83. The van der Waals surface area contributed by atoms with Gasteiger partial charge in [0, 0.05) is 8.04 Å². The minimum atomic E-state index is 0.0980. The molecule has 72 valence electrons. The molecule has 0 saturated heterocycles. The lowest BCUT2D eigenvalue weighted by Gasteiger charge is -2.21. The maximum absolute atomic E-state index is 6.20. The van der Waals surface area contributed by atoms with Crippen LogP contribution in [0.4, 0.5) is 0 Å². The molecule has 13 heavy (non-hydrogen) atoms. The van der Waals surface area contributed by atoms with E-state index in [1.807, 2.05) is 6.07 Å². The van der Waals surface area contributed by atoms with Gasteiger partial charge in [-0.3, -0.25) is 0 Å². The molecule has 0 aromatic heterocycles. The van der Waals surface area contributed by atoms with E-state index in [4.69, 9.17) is 11.6 Å². The molecule has 0 fully saturated rings. The zero-order valence-electron chi connectivity index (χ0n) is 7.79. The first kappa shape index (κ1) is 11.8. The van der Waals surface area contributed by atoms with E-state index in [2.05, 4.69) is 65.4 Å². The van der Waals surface area contributed by atoms with Crippen molar-refractivity contribution in [2.75, 3.05) is 0 Å². The molecule has 1 aromatic carbocycles. The highest BCUT2D eigenvalue weighted by atomic mass is 127. The minimum Gasteiger partial charge on any atom is -0.0828 e. The summed E-state index contributed by atoms with van der Waals surface area (Å²) in [4.78, 5) is 0. The summed E-state index contributed by atoms with van der Waals surface area (Å²) >= 11 is 12.0. The average molecular weight is 373 g/mol. The molecule has 0 amide bonds. The van der Waals surface area contributed by atoms with Gasteiger partial charge in [-0.25, -0.2) is 0 Å². The van der Waals surface area contributed by atoms with Crippen molar-refractivity contribution in [1.82, 2.24) is 0 Å². The first-order chi connectivity index (χ1) is 5.82.